The van der Waals surface area contributed by atoms with Gasteiger partial charge in [-0.25, -0.2) is 0 Å². The molecule has 17 heavy (non-hydrogen) atoms. The summed E-state index contributed by atoms with van der Waals surface area (Å²) in [4.78, 5) is 0.757. The number of aliphatic hydroxyl groups excluding tert-OH is 1. The lowest BCUT2D eigenvalue weighted by Gasteiger charge is -2.07. The summed E-state index contributed by atoms with van der Waals surface area (Å²) in [6.07, 6.45) is 3.76. The molecule has 3 N–H and O–H groups in total. The summed E-state index contributed by atoms with van der Waals surface area (Å²) in [5, 5.41) is 8.64. The van der Waals surface area contributed by atoms with Crippen molar-refractivity contribution >= 4 is 16.5 Å². The van der Waals surface area contributed by atoms with Crippen molar-refractivity contribution in [2.45, 2.75) is 37.5 Å². The lowest BCUT2D eigenvalue weighted by molar-refractivity contribution is 0.283. The minimum atomic E-state index is -0.998. The fourth-order valence-corrected chi connectivity index (χ4v) is 2.98. The van der Waals surface area contributed by atoms with Gasteiger partial charge in [-0.3, -0.25) is 4.21 Å². The molecule has 0 aliphatic carbocycles. The van der Waals surface area contributed by atoms with Crippen molar-refractivity contribution in [3.63, 3.8) is 0 Å². The Morgan fingerprint density at radius 2 is 1.94 bits per heavy atom. The van der Waals surface area contributed by atoms with Crippen LogP contribution in [-0.2, 0) is 10.8 Å². The predicted molar refractivity (Wildman–Crippen MR) is 72.4 cm³/mol. The van der Waals surface area contributed by atoms with Crippen molar-refractivity contribution < 1.29 is 9.32 Å². The van der Waals surface area contributed by atoms with Gasteiger partial charge in [0, 0.05) is 12.4 Å². The molecule has 0 spiro atoms. The highest BCUT2D eigenvalue weighted by molar-refractivity contribution is 7.85. The Morgan fingerprint density at radius 3 is 2.65 bits per heavy atom. The molecule has 0 aromatic heterocycles. The van der Waals surface area contributed by atoms with Crippen molar-refractivity contribution in [3.05, 3.63) is 23.8 Å². The number of aliphatic hydroxyl groups is 1. The van der Waals surface area contributed by atoms with Crippen molar-refractivity contribution in [3.8, 4) is 0 Å². The summed E-state index contributed by atoms with van der Waals surface area (Å²) >= 11 is 0. The third kappa shape index (κ3) is 4.48. The normalized spacial score (nSPS) is 12.6. The second-order valence-electron chi connectivity index (χ2n) is 4.17. The van der Waals surface area contributed by atoms with E-state index in [2.05, 4.69) is 0 Å². The second-order valence-corrected chi connectivity index (χ2v) is 5.71. The lowest BCUT2D eigenvalue weighted by atomic mass is 10.2. The van der Waals surface area contributed by atoms with Crippen LogP contribution in [0.15, 0.2) is 23.1 Å². The molecule has 0 bridgehead atoms. The topological polar surface area (TPSA) is 63.3 Å². The Labute approximate surface area is 105 Å². The number of anilines is 1. The Bertz CT molecular complexity index is 380. The average molecular weight is 255 g/mol. The van der Waals surface area contributed by atoms with Crippen LogP contribution in [0.1, 0.15) is 31.2 Å². The lowest BCUT2D eigenvalue weighted by Crippen LogP contribution is -2.03. The van der Waals surface area contributed by atoms with Gasteiger partial charge in [-0.1, -0.05) is 25.0 Å². The van der Waals surface area contributed by atoms with Crippen LogP contribution in [0.4, 0.5) is 5.69 Å². The summed E-state index contributed by atoms with van der Waals surface area (Å²) in [6.45, 7) is 2.17. The fraction of sp³-hybridized carbons (Fsp3) is 0.538. The fourth-order valence-electron chi connectivity index (χ4n) is 1.66. The largest absolute Gasteiger partial charge is 0.398 e. The van der Waals surface area contributed by atoms with Gasteiger partial charge in [0.2, 0.25) is 0 Å². The predicted octanol–water partition coefficient (Wildman–Crippen LogP) is 2.24. The molecule has 3 nitrogen and oxygen atoms in total. The monoisotopic (exact) mass is 255 g/mol. The van der Waals surface area contributed by atoms with E-state index in [0.717, 1.165) is 36.1 Å². The second kappa shape index (κ2) is 7.45. The Balaban J connectivity index is 2.44. The van der Waals surface area contributed by atoms with Gasteiger partial charge in [-0.05, 0) is 31.4 Å². The van der Waals surface area contributed by atoms with Gasteiger partial charge in [0.15, 0.2) is 0 Å². The molecular formula is C13H21NO2S. The van der Waals surface area contributed by atoms with Crippen LogP contribution in [0.3, 0.4) is 0 Å². The van der Waals surface area contributed by atoms with Crippen LogP contribution in [0.5, 0.6) is 0 Å². The number of benzene rings is 1. The number of hydrogen-bond acceptors (Lipinski definition) is 3. The number of nitrogen functional groups attached to an aromatic ring is 1. The number of nitrogens with two attached hydrogens (primary N) is 1. The van der Waals surface area contributed by atoms with E-state index in [1.165, 1.54) is 0 Å². The zero-order chi connectivity index (χ0) is 12.7. The summed E-state index contributed by atoms with van der Waals surface area (Å²) in [5.41, 5.74) is 7.55. The number of aryl methyl sites for hydroxylation is 1. The molecule has 0 saturated carbocycles. The first-order valence-electron chi connectivity index (χ1n) is 6.01. The van der Waals surface area contributed by atoms with Crippen LogP contribution >= 0.6 is 0 Å². The summed E-state index contributed by atoms with van der Waals surface area (Å²) < 4.78 is 12.0. The molecule has 0 aliphatic heterocycles. The first-order valence-corrected chi connectivity index (χ1v) is 7.33. The maximum absolute atomic E-state index is 12.0. The highest BCUT2D eigenvalue weighted by Crippen LogP contribution is 2.21. The van der Waals surface area contributed by atoms with E-state index < -0.39 is 10.8 Å². The molecule has 1 rings (SSSR count). The SMILES string of the molecule is Cc1cccc(S(=O)CCCCCCO)c1N. The molecule has 1 aromatic rings. The smallest absolute Gasteiger partial charge is 0.0620 e. The minimum Gasteiger partial charge on any atom is -0.398 e. The molecule has 0 fully saturated rings. The van der Waals surface area contributed by atoms with Crippen LogP contribution in [-0.4, -0.2) is 21.7 Å². The third-order valence-corrected chi connectivity index (χ3v) is 4.27. The molecule has 4 heteroatoms. The maximum atomic E-state index is 12.0. The molecule has 0 radical (unpaired) electrons. The van der Waals surface area contributed by atoms with E-state index in [4.69, 9.17) is 10.8 Å². The van der Waals surface area contributed by atoms with Gasteiger partial charge in [-0.15, -0.1) is 0 Å². The molecule has 0 heterocycles. The van der Waals surface area contributed by atoms with Gasteiger partial charge < -0.3 is 10.8 Å². The number of unbranched alkanes of at least 4 members (excludes halogenated alkanes) is 3. The van der Waals surface area contributed by atoms with Crippen molar-refractivity contribution in [2.75, 3.05) is 18.1 Å². The Kier molecular flexibility index (Phi) is 6.22. The minimum absolute atomic E-state index is 0.244. The van der Waals surface area contributed by atoms with Gasteiger partial charge >= 0.3 is 0 Å². The number of para-hydroxylation sites is 1. The van der Waals surface area contributed by atoms with Crippen LogP contribution in [0.2, 0.25) is 0 Å². The van der Waals surface area contributed by atoms with E-state index >= 15 is 0 Å². The van der Waals surface area contributed by atoms with Gasteiger partial charge in [0.25, 0.3) is 0 Å². The van der Waals surface area contributed by atoms with E-state index in [-0.39, 0.29) is 6.61 Å². The van der Waals surface area contributed by atoms with Crippen molar-refractivity contribution in [1.29, 1.82) is 0 Å². The van der Waals surface area contributed by atoms with Crippen LogP contribution < -0.4 is 5.73 Å². The Hall–Kier alpha value is -0.870. The Morgan fingerprint density at radius 1 is 1.24 bits per heavy atom. The van der Waals surface area contributed by atoms with Gasteiger partial charge in [-0.2, -0.15) is 0 Å². The summed E-state index contributed by atoms with van der Waals surface area (Å²) in [7, 11) is -0.998. The van der Waals surface area contributed by atoms with Crippen molar-refractivity contribution in [1.82, 2.24) is 0 Å². The van der Waals surface area contributed by atoms with E-state index in [1.807, 2.05) is 25.1 Å². The van der Waals surface area contributed by atoms with Crippen molar-refractivity contribution in [2.24, 2.45) is 0 Å². The summed E-state index contributed by atoms with van der Waals surface area (Å²) in [5.74, 6) is 0.652. The molecule has 1 aromatic carbocycles. The molecule has 1 unspecified atom stereocenters. The van der Waals surface area contributed by atoms with E-state index in [1.54, 1.807) is 0 Å². The molecule has 0 amide bonds. The molecule has 0 aliphatic rings. The van der Waals surface area contributed by atoms with Gasteiger partial charge in [0.1, 0.15) is 0 Å². The third-order valence-electron chi connectivity index (χ3n) is 2.77. The quantitative estimate of drug-likeness (QED) is 0.580. The first-order chi connectivity index (χ1) is 8.16. The number of hydrogen-bond donors (Lipinski definition) is 2. The van der Waals surface area contributed by atoms with E-state index in [0.29, 0.717) is 11.4 Å². The zero-order valence-electron chi connectivity index (χ0n) is 10.3. The zero-order valence-corrected chi connectivity index (χ0v) is 11.1. The standard InChI is InChI=1S/C13H21NO2S/c1-11-7-6-8-12(13(11)14)17(16)10-5-3-2-4-9-15/h6-8,15H,2-5,9-10,14H2,1H3. The van der Waals surface area contributed by atoms with Gasteiger partial charge in [0.05, 0.1) is 21.4 Å². The number of rotatable bonds is 7. The van der Waals surface area contributed by atoms with E-state index in [9.17, 15) is 4.21 Å². The summed E-state index contributed by atoms with van der Waals surface area (Å²) in [6, 6.07) is 5.66. The maximum Gasteiger partial charge on any atom is 0.0620 e. The first kappa shape index (κ1) is 14.2. The average Bonchev–Trinajstić information content (AvgIpc) is 2.32. The highest BCUT2D eigenvalue weighted by atomic mass is 32.2. The molecule has 96 valence electrons. The van der Waals surface area contributed by atoms with Crippen LogP contribution in [0.25, 0.3) is 0 Å². The molecular weight excluding hydrogens is 234 g/mol. The van der Waals surface area contributed by atoms with Crippen LogP contribution in [0, 0.1) is 6.92 Å². The molecule has 0 saturated heterocycles. The highest BCUT2D eigenvalue weighted by Gasteiger charge is 2.08. The molecule has 1 atom stereocenters.